The van der Waals surface area contributed by atoms with Crippen molar-refractivity contribution in [1.82, 2.24) is 9.78 Å². The van der Waals surface area contributed by atoms with Gasteiger partial charge in [0.05, 0.1) is 11.8 Å². The summed E-state index contributed by atoms with van der Waals surface area (Å²) in [5.74, 6) is -0.934. The molecule has 2 rings (SSSR count). The highest BCUT2D eigenvalue weighted by Crippen LogP contribution is 2.07. The third-order valence-electron chi connectivity index (χ3n) is 2.09. The van der Waals surface area contributed by atoms with E-state index in [9.17, 15) is 4.79 Å². The van der Waals surface area contributed by atoms with Gasteiger partial charge in [0.15, 0.2) is 0 Å². The fourth-order valence-corrected chi connectivity index (χ4v) is 1.98. The Bertz CT molecular complexity index is 448. The van der Waals surface area contributed by atoms with Gasteiger partial charge in [0, 0.05) is 12.7 Å². The third kappa shape index (κ3) is 2.44. The molecule has 0 radical (unpaired) electrons. The van der Waals surface area contributed by atoms with Crippen LogP contribution >= 0.6 is 11.3 Å². The Kier molecular flexibility index (Phi) is 2.82. The van der Waals surface area contributed by atoms with Crippen LogP contribution in [0.15, 0.2) is 29.2 Å². The molecule has 0 spiro atoms. The first-order valence-electron chi connectivity index (χ1n) is 4.52. The van der Waals surface area contributed by atoms with Crippen molar-refractivity contribution in [2.45, 2.75) is 13.0 Å². The van der Waals surface area contributed by atoms with Crippen LogP contribution in [-0.4, -0.2) is 20.9 Å². The van der Waals surface area contributed by atoms with Crippen LogP contribution in [0.25, 0.3) is 0 Å². The van der Waals surface area contributed by atoms with Gasteiger partial charge >= 0.3 is 5.97 Å². The molecule has 4 nitrogen and oxygen atoms in total. The molecule has 0 amide bonds. The largest absolute Gasteiger partial charge is 0.478 e. The second kappa shape index (κ2) is 4.27. The van der Waals surface area contributed by atoms with Gasteiger partial charge in [0.25, 0.3) is 0 Å². The first-order valence-corrected chi connectivity index (χ1v) is 5.47. The van der Waals surface area contributed by atoms with Crippen LogP contribution in [0.2, 0.25) is 0 Å². The van der Waals surface area contributed by atoms with E-state index in [1.807, 2.05) is 5.38 Å². The van der Waals surface area contributed by atoms with Crippen LogP contribution < -0.4 is 0 Å². The predicted octanol–water partition coefficient (Wildman–Crippen LogP) is 1.89. The summed E-state index contributed by atoms with van der Waals surface area (Å²) in [6.07, 6.45) is 3.80. The Labute approximate surface area is 90.8 Å². The molecule has 0 fully saturated rings. The quantitative estimate of drug-likeness (QED) is 0.859. The molecule has 0 saturated carbocycles. The van der Waals surface area contributed by atoms with E-state index in [4.69, 9.17) is 5.11 Å². The van der Waals surface area contributed by atoms with Crippen LogP contribution in [0.1, 0.15) is 15.9 Å². The van der Waals surface area contributed by atoms with Crippen LogP contribution in [-0.2, 0) is 13.0 Å². The number of aromatic nitrogens is 2. The van der Waals surface area contributed by atoms with Gasteiger partial charge in [0.1, 0.15) is 0 Å². The molecule has 78 valence electrons. The zero-order valence-electron chi connectivity index (χ0n) is 7.96. The number of carboxylic acid groups (broad SMARTS) is 1. The molecule has 0 aliphatic carbocycles. The second-order valence-corrected chi connectivity index (χ2v) is 3.96. The molecule has 0 aliphatic rings. The molecule has 0 atom stereocenters. The van der Waals surface area contributed by atoms with Crippen molar-refractivity contribution in [2.75, 3.05) is 0 Å². The molecule has 2 aromatic rings. The van der Waals surface area contributed by atoms with Crippen LogP contribution in [0.5, 0.6) is 0 Å². The number of nitrogens with zero attached hydrogens (tertiary/aromatic N) is 2. The number of rotatable bonds is 4. The van der Waals surface area contributed by atoms with Crippen LogP contribution in [0.4, 0.5) is 0 Å². The fraction of sp³-hybridized carbons (Fsp3) is 0.200. The van der Waals surface area contributed by atoms with E-state index in [0.717, 1.165) is 6.42 Å². The van der Waals surface area contributed by atoms with E-state index in [1.165, 1.54) is 11.8 Å². The average Bonchev–Trinajstić information content (AvgIpc) is 2.86. The predicted molar refractivity (Wildman–Crippen MR) is 57.2 cm³/mol. The topological polar surface area (TPSA) is 55.1 Å². The molecule has 0 bridgehead atoms. The van der Waals surface area contributed by atoms with Crippen molar-refractivity contribution in [3.63, 3.8) is 0 Å². The van der Waals surface area contributed by atoms with Crippen molar-refractivity contribution in [2.24, 2.45) is 0 Å². The number of aromatic carboxylic acids is 1. The average molecular weight is 222 g/mol. The summed E-state index contributed by atoms with van der Waals surface area (Å²) < 4.78 is 1.65. The maximum absolute atomic E-state index is 10.6. The Morgan fingerprint density at radius 1 is 1.60 bits per heavy atom. The highest BCUT2D eigenvalue weighted by Gasteiger charge is 2.05. The summed E-state index contributed by atoms with van der Waals surface area (Å²) >= 11 is 1.66. The molecule has 2 aromatic heterocycles. The minimum atomic E-state index is -0.934. The first-order chi connectivity index (χ1) is 7.25. The van der Waals surface area contributed by atoms with Crippen molar-refractivity contribution in [1.29, 1.82) is 0 Å². The monoisotopic (exact) mass is 222 g/mol. The Hall–Kier alpha value is -1.62. The lowest BCUT2D eigenvalue weighted by molar-refractivity contribution is 0.0697. The summed E-state index contributed by atoms with van der Waals surface area (Å²) in [4.78, 5) is 10.6. The molecular weight excluding hydrogens is 212 g/mol. The van der Waals surface area contributed by atoms with E-state index < -0.39 is 5.97 Å². The zero-order chi connectivity index (χ0) is 10.7. The highest BCUT2D eigenvalue weighted by molar-refractivity contribution is 7.07. The number of hydrogen-bond acceptors (Lipinski definition) is 3. The molecule has 15 heavy (non-hydrogen) atoms. The van der Waals surface area contributed by atoms with E-state index in [1.54, 1.807) is 22.2 Å². The smallest absolute Gasteiger partial charge is 0.338 e. The van der Waals surface area contributed by atoms with Gasteiger partial charge in [-0.1, -0.05) is 0 Å². The lowest BCUT2D eigenvalue weighted by Gasteiger charge is -1.98. The van der Waals surface area contributed by atoms with Gasteiger partial charge in [-0.15, -0.1) is 0 Å². The van der Waals surface area contributed by atoms with Crippen molar-refractivity contribution in [3.05, 3.63) is 40.3 Å². The van der Waals surface area contributed by atoms with Crippen LogP contribution in [0, 0.1) is 0 Å². The minimum Gasteiger partial charge on any atom is -0.478 e. The molecule has 0 unspecified atom stereocenters. The van der Waals surface area contributed by atoms with Crippen molar-refractivity contribution >= 4 is 17.3 Å². The standard InChI is InChI=1S/C10H10N2O2S/c13-10(14)9-5-11-12(6-9)3-1-8-2-4-15-7-8/h2,4-7H,1,3H2,(H,13,14). The van der Waals surface area contributed by atoms with E-state index in [2.05, 4.69) is 16.5 Å². The number of carbonyl (C=O) groups is 1. The molecular formula is C10H10N2O2S. The van der Waals surface area contributed by atoms with Gasteiger partial charge in [-0.3, -0.25) is 4.68 Å². The van der Waals surface area contributed by atoms with E-state index in [0.29, 0.717) is 6.54 Å². The van der Waals surface area contributed by atoms with Gasteiger partial charge in [-0.25, -0.2) is 4.79 Å². The molecule has 5 heteroatoms. The van der Waals surface area contributed by atoms with Gasteiger partial charge in [-0.05, 0) is 28.8 Å². The lowest BCUT2D eigenvalue weighted by atomic mass is 10.2. The number of aryl methyl sites for hydroxylation is 2. The van der Waals surface area contributed by atoms with Crippen LogP contribution in [0.3, 0.4) is 0 Å². The highest BCUT2D eigenvalue weighted by atomic mass is 32.1. The van der Waals surface area contributed by atoms with E-state index >= 15 is 0 Å². The maximum atomic E-state index is 10.6. The van der Waals surface area contributed by atoms with Crippen molar-refractivity contribution < 1.29 is 9.90 Å². The Balaban J connectivity index is 1.96. The van der Waals surface area contributed by atoms with Gasteiger partial charge < -0.3 is 5.11 Å². The summed E-state index contributed by atoms with van der Waals surface area (Å²) in [6.45, 7) is 0.712. The third-order valence-corrected chi connectivity index (χ3v) is 2.82. The lowest BCUT2D eigenvalue weighted by Crippen LogP contribution is -2.01. The maximum Gasteiger partial charge on any atom is 0.338 e. The van der Waals surface area contributed by atoms with E-state index in [-0.39, 0.29) is 5.56 Å². The Morgan fingerprint density at radius 2 is 2.47 bits per heavy atom. The minimum absolute atomic E-state index is 0.236. The van der Waals surface area contributed by atoms with Gasteiger partial charge in [0.2, 0.25) is 0 Å². The molecule has 0 aromatic carbocycles. The first kappa shape index (κ1) is 9.92. The summed E-state index contributed by atoms with van der Waals surface area (Å²) in [7, 11) is 0. The zero-order valence-corrected chi connectivity index (χ0v) is 8.78. The fourth-order valence-electron chi connectivity index (χ4n) is 1.27. The second-order valence-electron chi connectivity index (χ2n) is 3.18. The summed E-state index contributed by atoms with van der Waals surface area (Å²) in [5, 5.41) is 16.8. The Morgan fingerprint density at radius 3 is 3.07 bits per heavy atom. The number of thiophene rings is 1. The summed E-state index contributed by atoms with van der Waals surface area (Å²) in [5.41, 5.74) is 1.49. The molecule has 0 saturated heterocycles. The molecule has 0 aliphatic heterocycles. The number of hydrogen-bond donors (Lipinski definition) is 1. The number of carboxylic acids is 1. The molecule has 1 N–H and O–H groups in total. The normalized spacial score (nSPS) is 10.4. The molecule has 2 heterocycles. The van der Waals surface area contributed by atoms with Crippen molar-refractivity contribution in [3.8, 4) is 0 Å². The van der Waals surface area contributed by atoms with Gasteiger partial charge in [-0.2, -0.15) is 16.4 Å². The summed E-state index contributed by atoms with van der Waals surface area (Å²) in [6, 6.07) is 2.06. The SMILES string of the molecule is O=C(O)c1cnn(CCc2ccsc2)c1.